The molecule has 9 heteroatoms. The largest absolute Gasteiger partial charge is 0.435 e. The Morgan fingerprint density at radius 3 is 2.88 bits per heavy atom. The molecule has 2 aromatic heterocycles. The minimum Gasteiger partial charge on any atom is -0.341 e. The SMILES string of the molecule is O=C(Cn1ccc(C(F)(F)F)n1)N1CCC[C@@H](Cc2ccn[nH]2)C1. The molecule has 6 nitrogen and oxygen atoms in total. The second kappa shape index (κ2) is 6.66. The Bertz CT molecular complexity index is 680. The van der Waals surface area contributed by atoms with Gasteiger partial charge in [-0.15, -0.1) is 0 Å². The Labute approximate surface area is 136 Å². The maximum absolute atomic E-state index is 12.5. The number of alkyl halides is 3. The summed E-state index contributed by atoms with van der Waals surface area (Å²) in [7, 11) is 0. The van der Waals surface area contributed by atoms with Gasteiger partial charge in [-0.25, -0.2) is 0 Å². The average Bonchev–Trinajstić information content (AvgIpc) is 3.18. The maximum Gasteiger partial charge on any atom is 0.435 e. The van der Waals surface area contributed by atoms with Crippen LogP contribution in [0.5, 0.6) is 0 Å². The number of nitrogens with one attached hydrogen (secondary N) is 1. The number of piperidine rings is 1. The van der Waals surface area contributed by atoms with Crippen molar-refractivity contribution in [3.8, 4) is 0 Å². The second-order valence-electron chi connectivity index (χ2n) is 6.03. The molecule has 130 valence electrons. The summed E-state index contributed by atoms with van der Waals surface area (Å²) in [5.74, 6) is 0.118. The van der Waals surface area contributed by atoms with Crippen LogP contribution in [0.3, 0.4) is 0 Å². The fraction of sp³-hybridized carbons (Fsp3) is 0.533. The molecule has 0 unspecified atom stereocenters. The molecule has 1 aliphatic rings. The van der Waals surface area contributed by atoms with Crippen LogP contribution >= 0.6 is 0 Å². The highest BCUT2D eigenvalue weighted by atomic mass is 19.4. The number of H-pyrrole nitrogens is 1. The average molecular weight is 341 g/mol. The summed E-state index contributed by atoms with van der Waals surface area (Å²) in [5.41, 5.74) is 0.0438. The lowest BCUT2D eigenvalue weighted by molar-refractivity contribution is -0.142. The molecule has 3 rings (SSSR count). The van der Waals surface area contributed by atoms with Gasteiger partial charge in [-0.2, -0.15) is 23.4 Å². The highest BCUT2D eigenvalue weighted by Crippen LogP contribution is 2.27. The molecule has 0 aromatic carbocycles. The summed E-state index contributed by atoms with van der Waals surface area (Å²) < 4.78 is 38.7. The van der Waals surface area contributed by atoms with Crippen molar-refractivity contribution < 1.29 is 18.0 Å². The van der Waals surface area contributed by atoms with Crippen LogP contribution in [0.25, 0.3) is 0 Å². The van der Waals surface area contributed by atoms with E-state index < -0.39 is 11.9 Å². The maximum atomic E-state index is 12.5. The molecular formula is C15H18F3N5O. The summed E-state index contributed by atoms with van der Waals surface area (Å²) in [6, 6.07) is 2.79. The van der Waals surface area contributed by atoms with Gasteiger partial charge in [0.25, 0.3) is 0 Å². The van der Waals surface area contributed by atoms with Crippen LogP contribution in [0.4, 0.5) is 13.2 Å². The minimum absolute atomic E-state index is 0.174. The minimum atomic E-state index is -4.49. The predicted octanol–water partition coefficient (Wildman–Crippen LogP) is 2.11. The Kier molecular flexibility index (Phi) is 4.59. The molecule has 1 atom stereocenters. The molecule has 24 heavy (non-hydrogen) atoms. The summed E-state index contributed by atoms with van der Waals surface area (Å²) in [6.45, 7) is 1.06. The van der Waals surface area contributed by atoms with E-state index in [0.717, 1.165) is 35.7 Å². The molecule has 1 fully saturated rings. The number of nitrogens with zero attached hydrogens (tertiary/aromatic N) is 4. The first-order valence-corrected chi connectivity index (χ1v) is 7.78. The van der Waals surface area contributed by atoms with Crippen molar-refractivity contribution in [3.05, 3.63) is 35.9 Å². The lowest BCUT2D eigenvalue weighted by Crippen LogP contribution is -2.42. The van der Waals surface area contributed by atoms with E-state index in [-0.39, 0.29) is 12.5 Å². The third-order valence-electron chi connectivity index (χ3n) is 4.17. The van der Waals surface area contributed by atoms with Gasteiger partial charge in [-0.1, -0.05) is 0 Å². The number of hydrogen-bond acceptors (Lipinski definition) is 3. The quantitative estimate of drug-likeness (QED) is 0.926. The Morgan fingerprint density at radius 2 is 2.21 bits per heavy atom. The fourth-order valence-electron chi connectivity index (χ4n) is 3.01. The van der Waals surface area contributed by atoms with Gasteiger partial charge in [-0.05, 0) is 37.3 Å². The number of hydrogen-bond donors (Lipinski definition) is 1. The van der Waals surface area contributed by atoms with Crippen LogP contribution in [0.1, 0.15) is 24.2 Å². The van der Waals surface area contributed by atoms with E-state index in [2.05, 4.69) is 15.3 Å². The molecule has 1 amide bonds. The first kappa shape index (κ1) is 16.5. The molecule has 3 heterocycles. The highest BCUT2D eigenvalue weighted by Gasteiger charge is 2.34. The highest BCUT2D eigenvalue weighted by molar-refractivity contribution is 5.76. The first-order chi connectivity index (χ1) is 11.4. The van der Waals surface area contributed by atoms with Crippen molar-refractivity contribution in [1.82, 2.24) is 24.9 Å². The molecule has 1 N–H and O–H groups in total. The van der Waals surface area contributed by atoms with Gasteiger partial charge in [0.1, 0.15) is 6.54 Å². The van der Waals surface area contributed by atoms with Crippen LogP contribution in [0, 0.1) is 5.92 Å². The normalized spacial score (nSPS) is 18.8. The van der Waals surface area contributed by atoms with Gasteiger partial charge in [-0.3, -0.25) is 14.6 Å². The van der Waals surface area contributed by atoms with Gasteiger partial charge >= 0.3 is 6.18 Å². The topological polar surface area (TPSA) is 66.8 Å². The molecular weight excluding hydrogens is 323 g/mol. The van der Waals surface area contributed by atoms with E-state index in [1.807, 2.05) is 6.07 Å². The molecule has 0 spiro atoms. The van der Waals surface area contributed by atoms with E-state index >= 15 is 0 Å². The van der Waals surface area contributed by atoms with Crippen LogP contribution in [0.2, 0.25) is 0 Å². The number of rotatable bonds is 4. The van der Waals surface area contributed by atoms with Crippen LogP contribution < -0.4 is 0 Å². The third kappa shape index (κ3) is 3.95. The van der Waals surface area contributed by atoms with Crippen molar-refractivity contribution >= 4 is 5.91 Å². The van der Waals surface area contributed by atoms with Crippen LogP contribution in [-0.4, -0.2) is 43.9 Å². The molecule has 0 radical (unpaired) electrons. The van der Waals surface area contributed by atoms with Gasteiger partial charge in [0, 0.05) is 31.2 Å². The van der Waals surface area contributed by atoms with E-state index in [1.54, 1.807) is 11.1 Å². The van der Waals surface area contributed by atoms with Gasteiger partial charge in [0.15, 0.2) is 5.69 Å². The number of aromatic nitrogens is 4. The van der Waals surface area contributed by atoms with E-state index in [4.69, 9.17) is 0 Å². The van der Waals surface area contributed by atoms with Crippen LogP contribution in [-0.2, 0) is 23.9 Å². The summed E-state index contributed by atoms with van der Waals surface area (Å²) >= 11 is 0. The lowest BCUT2D eigenvalue weighted by atomic mass is 9.93. The van der Waals surface area contributed by atoms with Crippen molar-refractivity contribution in [1.29, 1.82) is 0 Å². The zero-order chi connectivity index (χ0) is 17.2. The zero-order valence-corrected chi connectivity index (χ0v) is 13.0. The first-order valence-electron chi connectivity index (χ1n) is 7.78. The summed E-state index contributed by atoms with van der Waals surface area (Å²) in [4.78, 5) is 14.0. The Morgan fingerprint density at radius 1 is 1.38 bits per heavy atom. The van der Waals surface area contributed by atoms with E-state index in [1.165, 1.54) is 6.20 Å². The monoisotopic (exact) mass is 341 g/mol. The number of likely N-dealkylation sites (tertiary alicyclic amines) is 1. The predicted molar refractivity (Wildman–Crippen MR) is 78.8 cm³/mol. The molecule has 1 aliphatic heterocycles. The Hall–Kier alpha value is -2.32. The second-order valence-corrected chi connectivity index (χ2v) is 6.03. The van der Waals surface area contributed by atoms with Crippen molar-refractivity contribution in [2.24, 2.45) is 5.92 Å². The van der Waals surface area contributed by atoms with Crippen molar-refractivity contribution in [2.45, 2.75) is 32.0 Å². The Balaban J connectivity index is 1.57. The van der Waals surface area contributed by atoms with Gasteiger partial charge < -0.3 is 4.90 Å². The fourth-order valence-corrected chi connectivity index (χ4v) is 3.01. The number of amides is 1. The number of carbonyl (C=O) groups is 1. The lowest BCUT2D eigenvalue weighted by Gasteiger charge is -2.32. The third-order valence-corrected chi connectivity index (χ3v) is 4.17. The molecule has 0 bridgehead atoms. The van der Waals surface area contributed by atoms with Crippen LogP contribution in [0.15, 0.2) is 24.5 Å². The molecule has 0 saturated carbocycles. The smallest absolute Gasteiger partial charge is 0.341 e. The molecule has 0 aliphatic carbocycles. The van der Waals surface area contributed by atoms with E-state index in [9.17, 15) is 18.0 Å². The number of halogens is 3. The van der Waals surface area contributed by atoms with Gasteiger partial charge in [0.2, 0.25) is 5.91 Å². The summed E-state index contributed by atoms with van der Waals surface area (Å²) in [6.07, 6.45) is 1.10. The van der Waals surface area contributed by atoms with Gasteiger partial charge in [0.05, 0.1) is 0 Å². The number of aromatic amines is 1. The van der Waals surface area contributed by atoms with E-state index in [0.29, 0.717) is 19.0 Å². The molecule has 1 saturated heterocycles. The van der Waals surface area contributed by atoms with Crippen molar-refractivity contribution in [2.75, 3.05) is 13.1 Å². The zero-order valence-electron chi connectivity index (χ0n) is 13.0. The summed E-state index contributed by atoms with van der Waals surface area (Å²) in [5, 5.41) is 10.2. The van der Waals surface area contributed by atoms with Crippen molar-refractivity contribution in [3.63, 3.8) is 0 Å². The molecule has 2 aromatic rings. The number of carbonyl (C=O) groups excluding carboxylic acids is 1. The standard InChI is InChI=1S/C15H18F3N5O/c16-15(17,18)13-4-7-23(21-13)10-14(24)22-6-1-2-11(9-22)8-12-3-5-19-20-12/h3-5,7,11H,1-2,6,8-10H2,(H,19,20)/t11-/m0/s1.